The maximum absolute atomic E-state index is 11.9. The van der Waals surface area contributed by atoms with Crippen molar-refractivity contribution < 1.29 is 14.1 Å². The summed E-state index contributed by atoms with van der Waals surface area (Å²) in [6.45, 7) is 7.88. The van der Waals surface area contributed by atoms with E-state index in [1.54, 1.807) is 0 Å². The third kappa shape index (κ3) is 4.83. The summed E-state index contributed by atoms with van der Waals surface area (Å²) >= 11 is 0. The molecule has 0 spiro atoms. The second-order valence-corrected chi connectivity index (χ2v) is 9.66. The van der Waals surface area contributed by atoms with Gasteiger partial charge in [0.05, 0.1) is 33.3 Å². The lowest BCUT2D eigenvalue weighted by Crippen LogP contribution is -2.64. The Morgan fingerprint density at radius 3 is 1.93 bits per heavy atom. The van der Waals surface area contributed by atoms with Crippen molar-refractivity contribution in [1.29, 1.82) is 0 Å². The van der Waals surface area contributed by atoms with Gasteiger partial charge in [0.25, 0.3) is 0 Å². The Bertz CT molecular complexity index is 734. The van der Waals surface area contributed by atoms with Crippen LogP contribution in [0.25, 0.3) is 0 Å². The first-order valence-electron chi connectivity index (χ1n) is 10.7. The largest absolute Gasteiger partial charge is 0.385 e. The van der Waals surface area contributed by atoms with E-state index in [2.05, 4.69) is 70.5 Å². The van der Waals surface area contributed by atoms with E-state index >= 15 is 0 Å². The van der Waals surface area contributed by atoms with Crippen LogP contribution in [0.2, 0.25) is 0 Å². The number of likely N-dealkylation sites (N-methyl/N-ethyl adjacent to an activating group) is 2. The lowest BCUT2D eigenvalue weighted by atomic mass is 9.75. The highest BCUT2D eigenvalue weighted by Crippen LogP contribution is 2.37. The minimum atomic E-state index is -0.805. The number of rotatable bonds is 7. The van der Waals surface area contributed by atoms with Crippen molar-refractivity contribution in [2.45, 2.75) is 25.4 Å². The van der Waals surface area contributed by atoms with Crippen molar-refractivity contribution in [2.24, 2.45) is 5.92 Å². The maximum atomic E-state index is 11.9. The molecule has 2 unspecified atom stereocenters. The first-order valence-corrected chi connectivity index (χ1v) is 10.7. The molecule has 0 radical (unpaired) electrons. The van der Waals surface area contributed by atoms with Crippen LogP contribution in [0.1, 0.15) is 24.5 Å². The summed E-state index contributed by atoms with van der Waals surface area (Å²) < 4.78 is 2.16. The second kappa shape index (κ2) is 8.36. The molecule has 152 valence electrons. The molecule has 3 nitrogen and oxygen atoms in total. The molecule has 3 rings (SSSR count). The first-order chi connectivity index (χ1) is 13.3. The zero-order chi connectivity index (χ0) is 20.3. The van der Waals surface area contributed by atoms with Crippen molar-refractivity contribution in [2.75, 3.05) is 53.9 Å². The van der Waals surface area contributed by atoms with Gasteiger partial charge in [0.1, 0.15) is 26.2 Å². The zero-order valence-corrected chi connectivity index (χ0v) is 18.1. The highest BCUT2D eigenvalue weighted by molar-refractivity contribution is 5.25. The highest BCUT2D eigenvalue weighted by atomic mass is 16.3. The Labute approximate surface area is 171 Å². The van der Waals surface area contributed by atoms with Crippen LogP contribution in [-0.4, -0.2) is 67.9 Å². The molecule has 0 aromatic heterocycles. The normalized spacial score (nSPS) is 21.6. The second-order valence-electron chi connectivity index (χ2n) is 9.66. The predicted molar refractivity (Wildman–Crippen MR) is 117 cm³/mol. The summed E-state index contributed by atoms with van der Waals surface area (Å²) in [7, 11) is 7.05. The SMILES string of the molecule is CCC(O)(c1ccccc1)C(Cc1ccccc1)C[N+]1(C)CC[N+](C)(C)CC1. The third-order valence-corrected chi connectivity index (χ3v) is 6.96. The lowest BCUT2D eigenvalue weighted by molar-refractivity contribution is -1.01. The minimum absolute atomic E-state index is 0.181. The van der Waals surface area contributed by atoms with Gasteiger partial charge in [0.2, 0.25) is 0 Å². The van der Waals surface area contributed by atoms with Crippen LogP contribution in [0.3, 0.4) is 0 Å². The van der Waals surface area contributed by atoms with Crippen LogP contribution in [-0.2, 0) is 12.0 Å². The van der Waals surface area contributed by atoms with Crippen molar-refractivity contribution in [3.63, 3.8) is 0 Å². The fourth-order valence-electron chi connectivity index (χ4n) is 4.70. The van der Waals surface area contributed by atoms with Crippen LogP contribution in [0, 0.1) is 5.92 Å². The van der Waals surface area contributed by atoms with Gasteiger partial charge in [0, 0.05) is 5.92 Å². The van der Waals surface area contributed by atoms with E-state index in [0.29, 0.717) is 0 Å². The van der Waals surface area contributed by atoms with E-state index in [0.717, 1.165) is 33.9 Å². The molecule has 3 heteroatoms. The molecule has 28 heavy (non-hydrogen) atoms. The quantitative estimate of drug-likeness (QED) is 0.724. The molecule has 1 heterocycles. The molecule has 1 aliphatic heterocycles. The molecule has 2 aromatic rings. The van der Waals surface area contributed by atoms with Crippen molar-refractivity contribution >= 4 is 0 Å². The van der Waals surface area contributed by atoms with Gasteiger partial charge in [-0.2, -0.15) is 0 Å². The Morgan fingerprint density at radius 1 is 0.857 bits per heavy atom. The summed E-state index contributed by atoms with van der Waals surface area (Å²) in [6, 6.07) is 21.0. The van der Waals surface area contributed by atoms with Crippen LogP contribution < -0.4 is 0 Å². The van der Waals surface area contributed by atoms with Gasteiger partial charge in [-0.05, 0) is 24.0 Å². The summed E-state index contributed by atoms with van der Waals surface area (Å²) in [5.41, 5.74) is 1.56. The van der Waals surface area contributed by atoms with E-state index in [1.807, 2.05) is 18.2 Å². The van der Waals surface area contributed by atoms with Gasteiger partial charge >= 0.3 is 0 Å². The number of aliphatic hydroxyl groups is 1. The van der Waals surface area contributed by atoms with Gasteiger partial charge < -0.3 is 14.1 Å². The lowest BCUT2D eigenvalue weighted by Gasteiger charge is -2.48. The number of hydrogen-bond donors (Lipinski definition) is 1. The standard InChI is InChI=1S/C25H38N2O/c1-5-25(28,23-14-10-7-11-15-23)24(20-22-12-8-6-9-13-22)21-27(4)18-16-26(2,3)17-19-27/h6-15,24,28H,5,16-21H2,1-4H3/q+2. The van der Waals surface area contributed by atoms with Gasteiger partial charge in [0.15, 0.2) is 0 Å². The fourth-order valence-corrected chi connectivity index (χ4v) is 4.70. The van der Waals surface area contributed by atoms with E-state index in [9.17, 15) is 5.11 Å². The molecule has 0 amide bonds. The summed E-state index contributed by atoms with van der Waals surface area (Å²) in [6.07, 6.45) is 1.64. The Morgan fingerprint density at radius 2 is 1.39 bits per heavy atom. The van der Waals surface area contributed by atoms with Gasteiger partial charge in [-0.3, -0.25) is 0 Å². The monoisotopic (exact) mass is 382 g/mol. The molecule has 0 aliphatic carbocycles. The van der Waals surface area contributed by atoms with Gasteiger partial charge in [-0.25, -0.2) is 0 Å². The molecule has 0 saturated carbocycles. The Kier molecular flexibility index (Phi) is 6.28. The van der Waals surface area contributed by atoms with E-state index in [1.165, 1.54) is 31.7 Å². The molecule has 1 N–H and O–H groups in total. The average Bonchev–Trinajstić information content (AvgIpc) is 2.71. The van der Waals surface area contributed by atoms with Crippen LogP contribution in [0.15, 0.2) is 60.7 Å². The summed E-state index contributed by atoms with van der Waals surface area (Å²) in [4.78, 5) is 0. The Balaban J connectivity index is 1.91. The third-order valence-electron chi connectivity index (χ3n) is 6.96. The predicted octanol–water partition coefficient (Wildman–Crippen LogP) is 3.68. The molecule has 1 saturated heterocycles. The van der Waals surface area contributed by atoms with E-state index in [4.69, 9.17) is 0 Å². The highest BCUT2D eigenvalue weighted by Gasteiger charge is 2.44. The maximum Gasteiger partial charge on any atom is 0.128 e. The van der Waals surface area contributed by atoms with E-state index in [-0.39, 0.29) is 5.92 Å². The number of piperazine rings is 1. The number of nitrogens with zero attached hydrogens (tertiary/aromatic N) is 2. The fraction of sp³-hybridized carbons (Fsp3) is 0.520. The smallest absolute Gasteiger partial charge is 0.128 e. The summed E-state index contributed by atoms with van der Waals surface area (Å²) in [5, 5.41) is 11.9. The molecular formula is C25H38N2O+2. The van der Waals surface area contributed by atoms with Crippen LogP contribution in [0.4, 0.5) is 0 Å². The summed E-state index contributed by atoms with van der Waals surface area (Å²) in [5.74, 6) is 0.181. The van der Waals surface area contributed by atoms with Gasteiger partial charge in [-0.15, -0.1) is 0 Å². The minimum Gasteiger partial charge on any atom is -0.385 e. The van der Waals surface area contributed by atoms with Crippen molar-refractivity contribution in [3.8, 4) is 0 Å². The number of quaternary nitrogens is 2. The Hall–Kier alpha value is -1.68. The zero-order valence-electron chi connectivity index (χ0n) is 18.1. The topological polar surface area (TPSA) is 20.2 Å². The van der Waals surface area contributed by atoms with E-state index < -0.39 is 5.60 Å². The van der Waals surface area contributed by atoms with Crippen molar-refractivity contribution in [1.82, 2.24) is 0 Å². The molecule has 2 atom stereocenters. The van der Waals surface area contributed by atoms with Crippen LogP contribution >= 0.6 is 0 Å². The van der Waals surface area contributed by atoms with Crippen molar-refractivity contribution in [3.05, 3.63) is 71.8 Å². The number of benzene rings is 2. The molecule has 1 aliphatic rings. The number of hydrogen-bond acceptors (Lipinski definition) is 1. The molecule has 0 bridgehead atoms. The van der Waals surface area contributed by atoms with Gasteiger partial charge in [-0.1, -0.05) is 67.6 Å². The van der Waals surface area contributed by atoms with Crippen LogP contribution in [0.5, 0.6) is 0 Å². The first kappa shape index (κ1) is 21.0. The molecule has 2 aromatic carbocycles. The molecular weight excluding hydrogens is 344 g/mol. The average molecular weight is 383 g/mol. The molecule has 1 fully saturated rings.